The van der Waals surface area contributed by atoms with Crippen LogP contribution in [-0.4, -0.2) is 31.1 Å². The van der Waals surface area contributed by atoms with E-state index >= 15 is 0 Å². The first kappa shape index (κ1) is 15.1. The Balaban J connectivity index is 1.34. The molecule has 1 fully saturated rings. The van der Waals surface area contributed by atoms with Crippen LogP contribution in [-0.2, 0) is 0 Å². The summed E-state index contributed by atoms with van der Waals surface area (Å²) in [6.45, 7) is 4.38. The molecule has 2 aromatic carbocycles. The quantitative estimate of drug-likeness (QED) is 0.735. The van der Waals surface area contributed by atoms with E-state index in [-0.39, 0.29) is 0 Å². The van der Waals surface area contributed by atoms with E-state index in [2.05, 4.69) is 35.2 Å². The van der Waals surface area contributed by atoms with E-state index in [1.54, 1.807) is 0 Å². The molecular weight excluding hydrogens is 270 g/mol. The minimum Gasteiger partial charge on any atom is -0.494 e. The third-order valence-corrected chi connectivity index (χ3v) is 4.49. The van der Waals surface area contributed by atoms with Gasteiger partial charge in [0.1, 0.15) is 5.75 Å². The van der Waals surface area contributed by atoms with Crippen molar-refractivity contribution in [1.29, 1.82) is 0 Å². The smallest absolute Gasteiger partial charge is 0.119 e. The van der Waals surface area contributed by atoms with Gasteiger partial charge in [-0.25, -0.2) is 0 Å². The van der Waals surface area contributed by atoms with Gasteiger partial charge in [-0.2, -0.15) is 0 Å². The van der Waals surface area contributed by atoms with Gasteiger partial charge in [-0.05, 0) is 56.0 Å². The highest BCUT2D eigenvalue weighted by Gasteiger charge is 2.19. The van der Waals surface area contributed by atoms with Crippen LogP contribution in [0.15, 0.2) is 60.7 Å². The maximum atomic E-state index is 5.76. The summed E-state index contributed by atoms with van der Waals surface area (Å²) in [7, 11) is 0. The van der Waals surface area contributed by atoms with Crippen molar-refractivity contribution in [1.82, 2.24) is 4.90 Å². The standard InChI is InChI=1S/C20H25NO/c1-3-8-18(9-4-1)19-12-15-21(16-13-19)14-7-17-22-20-10-5-2-6-11-20/h1-6,8-11,19H,7,12-17H2. The molecule has 0 atom stereocenters. The van der Waals surface area contributed by atoms with Crippen molar-refractivity contribution in [2.75, 3.05) is 26.2 Å². The van der Waals surface area contributed by atoms with E-state index in [0.717, 1.165) is 31.2 Å². The van der Waals surface area contributed by atoms with E-state index in [4.69, 9.17) is 4.74 Å². The van der Waals surface area contributed by atoms with Crippen molar-refractivity contribution in [2.45, 2.75) is 25.2 Å². The largest absolute Gasteiger partial charge is 0.494 e. The lowest BCUT2D eigenvalue weighted by atomic mass is 9.89. The second-order valence-corrected chi connectivity index (χ2v) is 6.04. The van der Waals surface area contributed by atoms with Gasteiger partial charge < -0.3 is 9.64 Å². The number of benzene rings is 2. The van der Waals surface area contributed by atoms with Crippen LogP contribution in [0.2, 0.25) is 0 Å². The van der Waals surface area contributed by atoms with E-state index in [1.807, 2.05) is 30.3 Å². The molecule has 1 aliphatic rings. The summed E-state index contributed by atoms with van der Waals surface area (Å²) in [6, 6.07) is 21.0. The van der Waals surface area contributed by atoms with Crippen molar-refractivity contribution in [3.05, 3.63) is 66.2 Å². The van der Waals surface area contributed by atoms with Crippen molar-refractivity contribution < 1.29 is 4.74 Å². The zero-order valence-corrected chi connectivity index (χ0v) is 13.2. The molecule has 0 amide bonds. The van der Waals surface area contributed by atoms with Crippen molar-refractivity contribution in [3.8, 4) is 5.75 Å². The predicted octanol–water partition coefficient (Wildman–Crippen LogP) is 4.34. The average Bonchev–Trinajstić information content (AvgIpc) is 2.61. The Hall–Kier alpha value is -1.80. The Morgan fingerprint density at radius 2 is 1.50 bits per heavy atom. The number of hydrogen-bond acceptors (Lipinski definition) is 2. The molecule has 0 saturated carbocycles. The number of likely N-dealkylation sites (tertiary alicyclic amines) is 1. The summed E-state index contributed by atoms with van der Waals surface area (Å²) >= 11 is 0. The second kappa shape index (κ2) is 8.00. The van der Waals surface area contributed by atoms with Crippen molar-refractivity contribution in [2.24, 2.45) is 0 Å². The number of ether oxygens (including phenoxy) is 1. The molecule has 0 aliphatic carbocycles. The topological polar surface area (TPSA) is 12.5 Å². The van der Waals surface area contributed by atoms with Gasteiger partial charge >= 0.3 is 0 Å². The monoisotopic (exact) mass is 295 g/mol. The molecule has 3 rings (SSSR count). The lowest BCUT2D eigenvalue weighted by Crippen LogP contribution is -2.34. The van der Waals surface area contributed by atoms with Gasteiger partial charge in [0, 0.05) is 6.54 Å². The Morgan fingerprint density at radius 1 is 0.864 bits per heavy atom. The van der Waals surface area contributed by atoms with Crippen LogP contribution in [0.5, 0.6) is 5.75 Å². The van der Waals surface area contributed by atoms with E-state index < -0.39 is 0 Å². The highest BCUT2D eigenvalue weighted by atomic mass is 16.5. The van der Waals surface area contributed by atoms with Gasteiger partial charge in [0.2, 0.25) is 0 Å². The predicted molar refractivity (Wildman–Crippen MR) is 91.4 cm³/mol. The molecule has 22 heavy (non-hydrogen) atoms. The zero-order valence-electron chi connectivity index (χ0n) is 13.2. The highest BCUT2D eigenvalue weighted by molar-refractivity contribution is 5.21. The molecule has 116 valence electrons. The SMILES string of the molecule is c1ccc(OCCCN2CCC(c3ccccc3)CC2)cc1. The van der Waals surface area contributed by atoms with E-state index in [9.17, 15) is 0 Å². The highest BCUT2D eigenvalue weighted by Crippen LogP contribution is 2.27. The van der Waals surface area contributed by atoms with Crippen LogP contribution in [0.1, 0.15) is 30.7 Å². The number of piperidine rings is 1. The minimum atomic E-state index is 0.748. The third-order valence-electron chi connectivity index (χ3n) is 4.49. The van der Waals surface area contributed by atoms with E-state index in [1.165, 1.54) is 31.5 Å². The second-order valence-electron chi connectivity index (χ2n) is 6.04. The fraction of sp³-hybridized carbons (Fsp3) is 0.400. The lowest BCUT2D eigenvalue weighted by Gasteiger charge is -2.32. The Morgan fingerprint density at radius 3 is 2.18 bits per heavy atom. The molecule has 2 nitrogen and oxygen atoms in total. The molecule has 0 radical (unpaired) electrons. The fourth-order valence-corrected chi connectivity index (χ4v) is 3.21. The first-order valence-electron chi connectivity index (χ1n) is 8.37. The lowest BCUT2D eigenvalue weighted by molar-refractivity contribution is 0.193. The molecule has 1 saturated heterocycles. The van der Waals surface area contributed by atoms with Gasteiger partial charge in [0.25, 0.3) is 0 Å². The summed E-state index contributed by atoms with van der Waals surface area (Å²) < 4.78 is 5.76. The summed E-state index contributed by atoms with van der Waals surface area (Å²) in [6.07, 6.45) is 3.66. The number of para-hydroxylation sites is 1. The molecule has 2 heteroatoms. The Kier molecular flexibility index (Phi) is 5.49. The van der Waals surface area contributed by atoms with E-state index in [0.29, 0.717) is 0 Å². The van der Waals surface area contributed by atoms with Gasteiger partial charge in [-0.1, -0.05) is 48.5 Å². The molecule has 0 unspecified atom stereocenters. The Labute approximate surface area is 133 Å². The van der Waals surface area contributed by atoms with Crippen LogP contribution in [0, 0.1) is 0 Å². The average molecular weight is 295 g/mol. The van der Waals surface area contributed by atoms with Crippen molar-refractivity contribution >= 4 is 0 Å². The molecule has 2 aromatic rings. The maximum absolute atomic E-state index is 5.76. The normalized spacial score (nSPS) is 16.5. The molecule has 0 bridgehead atoms. The number of rotatable bonds is 6. The first-order valence-corrected chi connectivity index (χ1v) is 8.37. The van der Waals surface area contributed by atoms with Crippen LogP contribution in [0.3, 0.4) is 0 Å². The van der Waals surface area contributed by atoms with Crippen LogP contribution < -0.4 is 4.74 Å². The maximum Gasteiger partial charge on any atom is 0.119 e. The Bertz CT molecular complexity index is 532. The van der Waals surface area contributed by atoms with Crippen LogP contribution in [0.4, 0.5) is 0 Å². The minimum absolute atomic E-state index is 0.748. The molecule has 0 N–H and O–H groups in total. The van der Waals surface area contributed by atoms with Gasteiger partial charge in [0.05, 0.1) is 6.61 Å². The van der Waals surface area contributed by atoms with Gasteiger partial charge in [0.15, 0.2) is 0 Å². The fourth-order valence-electron chi connectivity index (χ4n) is 3.21. The summed E-state index contributed by atoms with van der Waals surface area (Å²) in [5.74, 6) is 1.73. The molecule has 1 aliphatic heterocycles. The molecular formula is C20H25NO. The summed E-state index contributed by atoms with van der Waals surface area (Å²) in [5.41, 5.74) is 1.51. The number of hydrogen-bond donors (Lipinski definition) is 0. The van der Waals surface area contributed by atoms with Crippen LogP contribution in [0.25, 0.3) is 0 Å². The van der Waals surface area contributed by atoms with Crippen molar-refractivity contribution in [3.63, 3.8) is 0 Å². The zero-order chi connectivity index (χ0) is 15.0. The van der Waals surface area contributed by atoms with Gasteiger partial charge in [-0.15, -0.1) is 0 Å². The molecule has 0 aromatic heterocycles. The number of nitrogens with zero attached hydrogens (tertiary/aromatic N) is 1. The molecule has 0 spiro atoms. The van der Waals surface area contributed by atoms with Gasteiger partial charge in [-0.3, -0.25) is 0 Å². The van der Waals surface area contributed by atoms with Crippen LogP contribution >= 0.6 is 0 Å². The third kappa shape index (κ3) is 4.35. The molecule has 1 heterocycles. The first-order chi connectivity index (χ1) is 10.9. The summed E-state index contributed by atoms with van der Waals surface area (Å²) in [5, 5.41) is 0. The summed E-state index contributed by atoms with van der Waals surface area (Å²) in [4.78, 5) is 2.58.